The smallest absolute Gasteiger partial charge is 0.326 e. The normalized spacial score (nSPS) is 17.7. The summed E-state index contributed by atoms with van der Waals surface area (Å²) in [5.74, 6) is -0.111. The van der Waals surface area contributed by atoms with Crippen molar-refractivity contribution in [3.63, 3.8) is 0 Å². The summed E-state index contributed by atoms with van der Waals surface area (Å²) in [6.07, 6.45) is -2.89. The molecule has 98 valence electrons. The van der Waals surface area contributed by atoms with Crippen LogP contribution in [-0.2, 0) is 11.2 Å². The molecule has 0 radical (unpaired) electrons. The lowest BCUT2D eigenvalue weighted by Gasteiger charge is -2.16. The van der Waals surface area contributed by atoms with Gasteiger partial charge >= 0.3 is 6.18 Å². The first-order valence-corrected chi connectivity index (χ1v) is 5.95. The van der Waals surface area contributed by atoms with Gasteiger partial charge in [0, 0.05) is 12.1 Å². The van der Waals surface area contributed by atoms with Gasteiger partial charge in [0.2, 0.25) is 5.91 Å². The Hall–Kier alpha value is -1.23. The lowest BCUT2D eigenvalue weighted by atomic mass is 10.0. The zero-order chi connectivity index (χ0) is 13.3. The van der Waals surface area contributed by atoms with Crippen molar-refractivity contribution >= 4 is 23.2 Å². The van der Waals surface area contributed by atoms with E-state index in [2.05, 4.69) is 5.32 Å². The highest BCUT2D eigenvalue weighted by atomic mass is 35.5. The molecule has 0 fully saturated rings. The van der Waals surface area contributed by atoms with Crippen LogP contribution in [0.3, 0.4) is 0 Å². The third-order valence-electron chi connectivity index (χ3n) is 2.83. The van der Waals surface area contributed by atoms with E-state index in [0.29, 0.717) is 30.5 Å². The molecule has 2 rings (SSSR count). The molecule has 1 aromatic rings. The predicted octanol–water partition coefficient (Wildman–Crippen LogP) is 3.80. The number of anilines is 1. The molecule has 1 aliphatic heterocycles. The van der Waals surface area contributed by atoms with Gasteiger partial charge in [-0.15, -0.1) is 11.6 Å². The first kappa shape index (κ1) is 13.2. The number of nitrogens with one attached hydrogen (secondary N) is 1. The van der Waals surface area contributed by atoms with E-state index in [-0.39, 0.29) is 11.5 Å². The van der Waals surface area contributed by atoms with E-state index >= 15 is 0 Å². The summed E-state index contributed by atoms with van der Waals surface area (Å²) in [7, 11) is 0. The fraction of sp³-hybridized carbons (Fsp3) is 0.417. The Morgan fingerprint density at radius 3 is 2.67 bits per heavy atom. The van der Waals surface area contributed by atoms with E-state index in [1.807, 2.05) is 0 Å². The summed E-state index contributed by atoms with van der Waals surface area (Å²) in [4.78, 5) is 11.3. The van der Waals surface area contributed by atoms with Gasteiger partial charge in [-0.3, -0.25) is 4.79 Å². The largest absolute Gasteiger partial charge is 0.408 e. The summed E-state index contributed by atoms with van der Waals surface area (Å²) in [6.45, 7) is 0. The van der Waals surface area contributed by atoms with Gasteiger partial charge < -0.3 is 5.32 Å². The maximum absolute atomic E-state index is 12.5. The first-order valence-electron chi connectivity index (χ1n) is 5.51. The average Bonchev–Trinajstić information content (AvgIpc) is 2.46. The van der Waals surface area contributed by atoms with Crippen molar-refractivity contribution in [1.29, 1.82) is 0 Å². The van der Waals surface area contributed by atoms with E-state index in [1.54, 1.807) is 0 Å². The molecule has 1 amide bonds. The van der Waals surface area contributed by atoms with Crippen molar-refractivity contribution < 1.29 is 18.0 Å². The van der Waals surface area contributed by atoms with Crippen LogP contribution in [0.1, 0.15) is 29.3 Å². The Kier molecular flexibility index (Phi) is 3.52. The Morgan fingerprint density at radius 1 is 1.28 bits per heavy atom. The maximum Gasteiger partial charge on any atom is 0.408 e. The van der Waals surface area contributed by atoms with Crippen LogP contribution in [0.25, 0.3) is 0 Å². The van der Waals surface area contributed by atoms with E-state index in [0.717, 1.165) is 0 Å². The zero-order valence-corrected chi connectivity index (χ0v) is 10.1. The summed E-state index contributed by atoms with van der Waals surface area (Å²) < 4.78 is 37.5. The highest BCUT2D eigenvalue weighted by molar-refractivity contribution is 6.21. The van der Waals surface area contributed by atoms with Gasteiger partial charge in [-0.05, 0) is 30.0 Å². The van der Waals surface area contributed by atoms with Crippen LogP contribution in [0.4, 0.5) is 18.9 Å². The van der Waals surface area contributed by atoms with Crippen molar-refractivity contribution in [2.75, 3.05) is 5.32 Å². The Morgan fingerprint density at radius 2 is 2.00 bits per heavy atom. The summed E-state index contributed by atoms with van der Waals surface area (Å²) >= 11 is 5.38. The molecular weight excluding hydrogens is 267 g/mol. The molecule has 0 bridgehead atoms. The molecule has 1 aliphatic rings. The van der Waals surface area contributed by atoms with E-state index in [4.69, 9.17) is 11.6 Å². The molecule has 1 atom stereocenters. The minimum absolute atomic E-state index is 0.0130. The molecule has 2 nitrogen and oxygen atoms in total. The topological polar surface area (TPSA) is 29.1 Å². The second-order valence-electron chi connectivity index (χ2n) is 4.22. The van der Waals surface area contributed by atoms with Crippen LogP contribution in [0.15, 0.2) is 18.2 Å². The van der Waals surface area contributed by atoms with E-state index in [9.17, 15) is 18.0 Å². The van der Waals surface area contributed by atoms with Crippen molar-refractivity contribution in [2.45, 2.75) is 30.8 Å². The molecule has 1 N–H and O–H groups in total. The van der Waals surface area contributed by atoms with Crippen LogP contribution in [0.2, 0.25) is 0 Å². The van der Waals surface area contributed by atoms with Crippen LogP contribution < -0.4 is 5.32 Å². The average molecular weight is 278 g/mol. The van der Waals surface area contributed by atoms with Gasteiger partial charge in [0.15, 0.2) is 5.38 Å². The fourth-order valence-corrected chi connectivity index (χ4v) is 2.08. The third-order valence-corrected chi connectivity index (χ3v) is 3.33. The zero-order valence-electron chi connectivity index (χ0n) is 9.35. The van der Waals surface area contributed by atoms with Gasteiger partial charge in [0.1, 0.15) is 0 Å². The molecule has 1 aromatic carbocycles. The molecule has 0 aliphatic carbocycles. The SMILES string of the molecule is O=C1CCCc2cc(C(Cl)C(F)(F)F)ccc2N1. The van der Waals surface area contributed by atoms with Gasteiger partial charge in [-0.2, -0.15) is 13.2 Å². The first-order chi connectivity index (χ1) is 8.38. The predicted molar refractivity (Wildman–Crippen MR) is 62.7 cm³/mol. The van der Waals surface area contributed by atoms with Gasteiger partial charge in [-0.25, -0.2) is 0 Å². The number of halogens is 4. The Bertz CT molecular complexity index is 473. The second-order valence-corrected chi connectivity index (χ2v) is 4.66. The standard InChI is InChI=1S/C12H11ClF3NO/c13-11(12(14,15)16)8-4-5-9-7(6-8)2-1-3-10(18)17-9/h4-6,11H,1-3H2,(H,17,18). The Balaban J connectivity index is 2.32. The van der Waals surface area contributed by atoms with Crippen molar-refractivity contribution in [2.24, 2.45) is 0 Å². The number of aryl methyl sites for hydroxylation is 1. The molecule has 6 heteroatoms. The monoisotopic (exact) mass is 277 g/mol. The van der Waals surface area contributed by atoms with E-state index < -0.39 is 11.6 Å². The number of amides is 1. The third kappa shape index (κ3) is 2.77. The van der Waals surface area contributed by atoms with Crippen LogP contribution in [0.5, 0.6) is 0 Å². The van der Waals surface area contributed by atoms with Crippen LogP contribution in [0, 0.1) is 0 Å². The number of benzene rings is 1. The van der Waals surface area contributed by atoms with Crippen molar-refractivity contribution in [1.82, 2.24) is 0 Å². The molecule has 0 saturated carbocycles. The lowest BCUT2D eigenvalue weighted by molar-refractivity contribution is -0.131. The fourth-order valence-electron chi connectivity index (χ4n) is 1.94. The summed E-state index contributed by atoms with van der Waals surface area (Å²) in [5, 5.41) is 0.652. The quantitative estimate of drug-likeness (QED) is 0.777. The molecule has 0 aromatic heterocycles. The number of carbonyl (C=O) groups excluding carboxylic acids is 1. The summed E-state index contributed by atoms with van der Waals surface area (Å²) in [6, 6.07) is 4.21. The lowest BCUT2D eigenvalue weighted by Crippen LogP contribution is -2.16. The molecule has 0 saturated heterocycles. The number of alkyl halides is 4. The minimum atomic E-state index is -4.47. The van der Waals surface area contributed by atoms with Crippen molar-refractivity contribution in [3.05, 3.63) is 29.3 Å². The number of fused-ring (bicyclic) bond motifs is 1. The molecular formula is C12H11ClF3NO. The number of carbonyl (C=O) groups is 1. The van der Waals surface area contributed by atoms with Gasteiger partial charge in [0.25, 0.3) is 0 Å². The van der Waals surface area contributed by atoms with Gasteiger partial charge in [-0.1, -0.05) is 12.1 Å². The molecule has 1 heterocycles. The minimum Gasteiger partial charge on any atom is -0.326 e. The van der Waals surface area contributed by atoms with Crippen molar-refractivity contribution in [3.8, 4) is 0 Å². The number of hydrogen-bond donors (Lipinski definition) is 1. The number of rotatable bonds is 1. The maximum atomic E-state index is 12.5. The Labute approximate surface area is 107 Å². The molecule has 0 spiro atoms. The second kappa shape index (κ2) is 4.80. The molecule has 18 heavy (non-hydrogen) atoms. The van der Waals surface area contributed by atoms with Crippen LogP contribution >= 0.6 is 11.6 Å². The number of hydrogen-bond acceptors (Lipinski definition) is 1. The van der Waals surface area contributed by atoms with Gasteiger partial charge in [0.05, 0.1) is 0 Å². The highest BCUT2D eigenvalue weighted by Gasteiger charge is 2.39. The van der Waals surface area contributed by atoms with Crippen LogP contribution in [-0.4, -0.2) is 12.1 Å². The molecule has 1 unspecified atom stereocenters. The van der Waals surface area contributed by atoms with E-state index in [1.165, 1.54) is 18.2 Å². The summed E-state index contributed by atoms with van der Waals surface area (Å²) in [5.41, 5.74) is 1.29. The highest BCUT2D eigenvalue weighted by Crippen LogP contribution is 2.39.